The summed E-state index contributed by atoms with van der Waals surface area (Å²) in [6.07, 6.45) is 2.50. The summed E-state index contributed by atoms with van der Waals surface area (Å²) >= 11 is 0. The third-order valence-electron chi connectivity index (χ3n) is 1.94. The highest BCUT2D eigenvalue weighted by Crippen LogP contribution is 2.10. The van der Waals surface area contributed by atoms with Crippen molar-refractivity contribution >= 4 is 11.9 Å². The molecule has 0 fully saturated rings. The molecular formula is C11H17N3O3. The number of carbonyl (C=O) groups is 1. The van der Waals surface area contributed by atoms with E-state index in [0.29, 0.717) is 18.4 Å². The van der Waals surface area contributed by atoms with Crippen molar-refractivity contribution < 1.29 is 14.6 Å². The van der Waals surface area contributed by atoms with Gasteiger partial charge in [-0.1, -0.05) is 6.92 Å². The summed E-state index contributed by atoms with van der Waals surface area (Å²) in [5.74, 6) is 0.0163. The van der Waals surface area contributed by atoms with Crippen LogP contribution in [0.2, 0.25) is 0 Å². The van der Waals surface area contributed by atoms with Crippen LogP contribution in [0.3, 0.4) is 0 Å². The summed E-state index contributed by atoms with van der Waals surface area (Å²) in [4.78, 5) is 18.6. The lowest BCUT2D eigenvalue weighted by molar-refractivity contribution is -0.137. The van der Waals surface area contributed by atoms with E-state index in [1.807, 2.05) is 6.92 Å². The van der Waals surface area contributed by atoms with Crippen molar-refractivity contribution in [3.05, 3.63) is 12.3 Å². The van der Waals surface area contributed by atoms with E-state index in [2.05, 4.69) is 15.3 Å². The smallest absolute Gasteiger partial charge is 0.305 e. The van der Waals surface area contributed by atoms with Gasteiger partial charge in [0, 0.05) is 18.3 Å². The number of hydrogen-bond acceptors (Lipinski definition) is 5. The molecule has 1 rings (SSSR count). The van der Waals surface area contributed by atoms with Gasteiger partial charge in [-0.15, -0.1) is 0 Å². The van der Waals surface area contributed by atoms with Crippen LogP contribution in [0.4, 0.5) is 5.95 Å². The first-order valence-corrected chi connectivity index (χ1v) is 5.56. The number of ether oxygens (including phenoxy) is 1. The van der Waals surface area contributed by atoms with Crippen LogP contribution in [0.1, 0.15) is 26.7 Å². The Morgan fingerprint density at radius 1 is 1.65 bits per heavy atom. The molecule has 0 saturated carbocycles. The zero-order valence-corrected chi connectivity index (χ0v) is 10.0. The lowest BCUT2D eigenvalue weighted by Gasteiger charge is -2.11. The minimum Gasteiger partial charge on any atom is -0.481 e. The second kappa shape index (κ2) is 6.67. The molecule has 0 aliphatic rings. The van der Waals surface area contributed by atoms with Crippen molar-refractivity contribution in [2.45, 2.75) is 32.7 Å². The molecule has 0 aliphatic heterocycles. The topological polar surface area (TPSA) is 84.3 Å². The van der Waals surface area contributed by atoms with Gasteiger partial charge in [-0.05, 0) is 13.3 Å². The lowest BCUT2D eigenvalue weighted by Crippen LogP contribution is -2.20. The van der Waals surface area contributed by atoms with Crippen LogP contribution in [-0.4, -0.2) is 33.7 Å². The van der Waals surface area contributed by atoms with Crippen molar-refractivity contribution in [3.8, 4) is 5.88 Å². The van der Waals surface area contributed by atoms with Gasteiger partial charge in [-0.3, -0.25) is 4.79 Å². The third-order valence-corrected chi connectivity index (χ3v) is 1.94. The molecule has 1 aromatic heterocycles. The maximum atomic E-state index is 10.5. The summed E-state index contributed by atoms with van der Waals surface area (Å²) in [5, 5.41) is 11.5. The van der Waals surface area contributed by atoms with Crippen LogP contribution in [0.15, 0.2) is 12.3 Å². The highest BCUT2D eigenvalue weighted by molar-refractivity contribution is 5.68. The van der Waals surface area contributed by atoms with Gasteiger partial charge in [0.1, 0.15) is 0 Å². The van der Waals surface area contributed by atoms with E-state index in [0.717, 1.165) is 6.42 Å². The summed E-state index contributed by atoms with van der Waals surface area (Å²) in [7, 11) is 0. The zero-order valence-electron chi connectivity index (χ0n) is 10.0. The molecule has 1 unspecified atom stereocenters. The Hall–Kier alpha value is -1.85. The molecule has 1 atom stereocenters. The Morgan fingerprint density at radius 3 is 3.06 bits per heavy atom. The second-order valence-corrected chi connectivity index (χ2v) is 3.71. The number of aliphatic carboxylic acids is 1. The Labute approximate surface area is 100 Å². The summed E-state index contributed by atoms with van der Waals surface area (Å²) in [5.41, 5.74) is 0. The molecule has 0 aromatic carbocycles. The van der Waals surface area contributed by atoms with E-state index in [1.165, 1.54) is 0 Å². The van der Waals surface area contributed by atoms with Gasteiger partial charge in [0.2, 0.25) is 11.8 Å². The molecule has 6 heteroatoms. The molecule has 94 valence electrons. The number of nitrogens with one attached hydrogen (secondary N) is 1. The largest absolute Gasteiger partial charge is 0.481 e. The SMILES string of the molecule is CCCOc1ccnc(NC(C)CC(=O)O)n1. The maximum absolute atomic E-state index is 10.5. The van der Waals surface area contributed by atoms with E-state index in [-0.39, 0.29) is 12.5 Å². The summed E-state index contributed by atoms with van der Waals surface area (Å²) in [6.45, 7) is 4.37. The van der Waals surface area contributed by atoms with Crippen molar-refractivity contribution in [1.82, 2.24) is 9.97 Å². The van der Waals surface area contributed by atoms with Crippen LogP contribution in [-0.2, 0) is 4.79 Å². The zero-order chi connectivity index (χ0) is 12.7. The van der Waals surface area contributed by atoms with Crippen LogP contribution < -0.4 is 10.1 Å². The Balaban J connectivity index is 2.55. The van der Waals surface area contributed by atoms with E-state index < -0.39 is 5.97 Å². The molecule has 17 heavy (non-hydrogen) atoms. The van der Waals surface area contributed by atoms with Crippen LogP contribution in [0.5, 0.6) is 5.88 Å². The monoisotopic (exact) mass is 239 g/mol. The van der Waals surface area contributed by atoms with Crippen LogP contribution in [0.25, 0.3) is 0 Å². The molecule has 0 aliphatic carbocycles. The lowest BCUT2D eigenvalue weighted by atomic mass is 10.2. The first kappa shape index (κ1) is 13.2. The van der Waals surface area contributed by atoms with E-state index in [4.69, 9.17) is 9.84 Å². The molecular weight excluding hydrogens is 222 g/mol. The number of carboxylic acid groups (broad SMARTS) is 1. The van der Waals surface area contributed by atoms with Gasteiger partial charge in [0.25, 0.3) is 0 Å². The molecule has 0 saturated heterocycles. The third kappa shape index (κ3) is 5.14. The molecule has 0 spiro atoms. The normalized spacial score (nSPS) is 11.9. The number of carboxylic acids is 1. The van der Waals surface area contributed by atoms with Crippen molar-refractivity contribution in [2.75, 3.05) is 11.9 Å². The molecule has 2 N–H and O–H groups in total. The van der Waals surface area contributed by atoms with Gasteiger partial charge in [0.05, 0.1) is 13.0 Å². The van der Waals surface area contributed by atoms with Crippen molar-refractivity contribution in [2.24, 2.45) is 0 Å². The number of hydrogen-bond donors (Lipinski definition) is 2. The summed E-state index contributed by atoms with van der Waals surface area (Å²) < 4.78 is 5.35. The Kier molecular flexibility index (Phi) is 5.19. The molecule has 0 amide bonds. The van der Waals surface area contributed by atoms with Gasteiger partial charge in [-0.2, -0.15) is 4.98 Å². The Morgan fingerprint density at radius 2 is 2.41 bits per heavy atom. The number of anilines is 1. The van der Waals surface area contributed by atoms with E-state index >= 15 is 0 Å². The first-order chi connectivity index (χ1) is 8.11. The quantitative estimate of drug-likeness (QED) is 0.750. The van der Waals surface area contributed by atoms with Crippen LogP contribution in [0, 0.1) is 0 Å². The predicted molar refractivity (Wildman–Crippen MR) is 63.2 cm³/mol. The fourth-order valence-electron chi connectivity index (χ4n) is 1.23. The molecule has 6 nitrogen and oxygen atoms in total. The van der Waals surface area contributed by atoms with Gasteiger partial charge >= 0.3 is 5.97 Å². The average molecular weight is 239 g/mol. The fourth-order valence-corrected chi connectivity index (χ4v) is 1.23. The van der Waals surface area contributed by atoms with E-state index in [9.17, 15) is 4.79 Å². The first-order valence-electron chi connectivity index (χ1n) is 5.56. The number of rotatable bonds is 7. The van der Waals surface area contributed by atoms with Gasteiger partial charge in [-0.25, -0.2) is 4.98 Å². The van der Waals surface area contributed by atoms with Crippen molar-refractivity contribution in [1.29, 1.82) is 0 Å². The molecule has 0 bridgehead atoms. The molecule has 1 heterocycles. The van der Waals surface area contributed by atoms with Crippen LogP contribution >= 0.6 is 0 Å². The summed E-state index contributed by atoms with van der Waals surface area (Å²) in [6, 6.07) is 1.44. The highest BCUT2D eigenvalue weighted by atomic mass is 16.5. The molecule has 0 radical (unpaired) electrons. The minimum absolute atomic E-state index is 0.0173. The van der Waals surface area contributed by atoms with Gasteiger partial charge in [0.15, 0.2) is 0 Å². The number of aromatic nitrogens is 2. The fraction of sp³-hybridized carbons (Fsp3) is 0.545. The second-order valence-electron chi connectivity index (χ2n) is 3.71. The van der Waals surface area contributed by atoms with Gasteiger partial charge < -0.3 is 15.2 Å². The van der Waals surface area contributed by atoms with E-state index in [1.54, 1.807) is 19.2 Å². The minimum atomic E-state index is -0.858. The average Bonchev–Trinajstić information content (AvgIpc) is 2.25. The number of nitrogens with zero attached hydrogens (tertiary/aromatic N) is 2. The highest BCUT2D eigenvalue weighted by Gasteiger charge is 2.09. The maximum Gasteiger partial charge on any atom is 0.305 e. The Bertz CT molecular complexity index is 371. The standard InChI is InChI=1S/C11H17N3O3/c1-3-6-17-9-4-5-12-11(14-9)13-8(2)7-10(15)16/h4-5,8H,3,6-7H2,1-2H3,(H,15,16)(H,12,13,14). The molecule has 1 aromatic rings. The van der Waals surface area contributed by atoms with Crippen molar-refractivity contribution in [3.63, 3.8) is 0 Å². The predicted octanol–water partition coefficient (Wildman–Crippen LogP) is 1.54.